The third-order valence-corrected chi connectivity index (χ3v) is 6.49. The van der Waals surface area contributed by atoms with Crippen LogP contribution in [-0.2, 0) is 17.8 Å². The maximum absolute atomic E-state index is 13.5. The summed E-state index contributed by atoms with van der Waals surface area (Å²) in [4.78, 5) is 15.7. The van der Waals surface area contributed by atoms with Gasteiger partial charge >= 0.3 is 0 Å². The molecule has 0 unspecified atom stereocenters. The van der Waals surface area contributed by atoms with Gasteiger partial charge in [0.1, 0.15) is 11.6 Å². The van der Waals surface area contributed by atoms with Gasteiger partial charge in [-0.1, -0.05) is 48.5 Å². The van der Waals surface area contributed by atoms with E-state index < -0.39 is 0 Å². The van der Waals surface area contributed by atoms with Crippen LogP contribution >= 0.6 is 0 Å². The first-order chi connectivity index (χ1) is 16.6. The fourth-order valence-corrected chi connectivity index (χ4v) is 4.72. The summed E-state index contributed by atoms with van der Waals surface area (Å²) in [5, 5.41) is 6.35. The zero-order valence-electron chi connectivity index (χ0n) is 19.3. The predicted molar refractivity (Wildman–Crippen MR) is 130 cm³/mol. The minimum atomic E-state index is -0.288. The van der Waals surface area contributed by atoms with E-state index in [1.165, 1.54) is 23.3 Å². The smallest absolute Gasteiger partial charge is 0.257 e. The van der Waals surface area contributed by atoms with Gasteiger partial charge in [0.05, 0.1) is 24.9 Å². The van der Waals surface area contributed by atoms with Crippen molar-refractivity contribution in [2.24, 2.45) is 5.10 Å². The second-order valence-electron chi connectivity index (χ2n) is 8.74. The van der Waals surface area contributed by atoms with Crippen molar-refractivity contribution >= 4 is 11.6 Å². The van der Waals surface area contributed by atoms with Crippen molar-refractivity contribution < 1.29 is 13.9 Å². The molecule has 2 aliphatic rings. The Bertz CT molecular complexity index is 1190. The normalized spacial score (nSPS) is 17.9. The molecule has 0 radical (unpaired) electrons. The van der Waals surface area contributed by atoms with Gasteiger partial charge in [-0.15, -0.1) is 0 Å². The molecular weight excluding hydrogens is 429 g/mol. The lowest BCUT2D eigenvalue weighted by Gasteiger charge is -2.30. The number of halogens is 1. The highest BCUT2D eigenvalue weighted by molar-refractivity contribution is 6.03. The summed E-state index contributed by atoms with van der Waals surface area (Å²) >= 11 is 0. The van der Waals surface area contributed by atoms with Crippen LogP contribution in [-0.4, -0.2) is 41.2 Å². The summed E-state index contributed by atoms with van der Waals surface area (Å²) < 4.78 is 19.0. The maximum atomic E-state index is 13.5. The van der Waals surface area contributed by atoms with Crippen molar-refractivity contribution in [1.29, 1.82) is 0 Å². The molecule has 0 saturated carbocycles. The summed E-state index contributed by atoms with van der Waals surface area (Å²) in [5.74, 6) is 0.480. The highest BCUT2D eigenvalue weighted by Crippen LogP contribution is 2.34. The molecule has 0 bridgehead atoms. The molecule has 0 saturated heterocycles. The molecule has 1 amide bonds. The average molecular weight is 458 g/mol. The van der Waals surface area contributed by atoms with Crippen molar-refractivity contribution in [1.82, 2.24) is 9.91 Å². The first-order valence-corrected chi connectivity index (χ1v) is 11.8. The van der Waals surface area contributed by atoms with Gasteiger partial charge in [0, 0.05) is 19.5 Å². The van der Waals surface area contributed by atoms with Gasteiger partial charge in [-0.2, -0.15) is 5.10 Å². The summed E-state index contributed by atoms with van der Waals surface area (Å²) in [7, 11) is 0. The molecule has 1 atom stereocenters. The van der Waals surface area contributed by atoms with Gasteiger partial charge in [0.25, 0.3) is 5.91 Å². The molecule has 0 spiro atoms. The number of carbonyl (C=O) groups is 1. The molecule has 174 valence electrons. The second-order valence-corrected chi connectivity index (χ2v) is 8.74. The van der Waals surface area contributed by atoms with Crippen molar-refractivity contribution in [3.63, 3.8) is 0 Å². The Hall–Kier alpha value is -3.51. The Labute approximate surface area is 199 Å². The highest BCUT2D eigenvalue weighted by atomic mass is 19.1. The average Bonchev–Trinajstić information content (AvgIpc) is 3.31. The number of ether oxygens (including phenoxy) is 1. The number of benzene rings is 3. The van der Waals surface area contributed by atoms with Crippen LogP contribution in [0.2, 0.25) is 0 Å². The van der Waals surface area contributed by atoms with E-state index in [2.05, 4.69) is 23.1 Å². The molecule has 2 aliphatic heterocycles. The number of amides is 1. The van der Waals surface area contributed by atoms with Crippen LogP contribution < -0.4 is 4.74 Å². The summed E-state index contributed by atoms with van der Waals surface area (Å²) in [5.41, 5.74) is 5.26. The number of hydrogen-bond acceptors (Lipinski definition) is 4. The minimum absolute atomic E-state index is 0.0321. The molecule has 0 N–H and O–H groups in total. The molecular formula is C28H28FN3O2. The maximum Gasteiger partial charge on any atom is 0.257 e. The number of rotatable bonds is 6. The van der Waals surface area contributed by atoms with Crippen LogP contribution in [0.15, 0.2) is 77.9 Å². The molecule has 2 heterocycles. The standard InChI is InChI=1S/C28H28FN3O2/c1-2-34-25-13-9-22(10-14-25)27-17-26(21-7-11-24(29)12-8-21)30-32(27)28(33)19-31-16-15-20-5-3-4-6-23(20)18-31/h3-14,27H,2,15-19H2,1H3/t27-/m0/s1. The van der Waals surface area contributed by atoms with Crippen molar-refractivity contribution in [2.45, 2.75) is 32.4 Å². The predicted octanol–water partition coefficient (Wildman–Crippen LogP) is 4.96. The van der Waals surface area contributed by atoms with Crippen molar-refractivity contribution in [2.75, 3.05) is 19.7 Å². The first kappa shape index (κ1) is 22.3. The monoisotopic (exact) mass is 457 g/mol. The Kier molecular flexibility index (Phi) is 6.41. The number of nitrogens with zero attached hydrogens (tertiary/aromatic N) is 3. The van der Waals surface area contributed by atoms with E-state index in [0.29, 0.717) is 19.6 Å². The Balaban J connectivity index is 1.38. The molecule has 3 aromatic carbocycles. The molecule has 5 nitrogen and oxygen atoms in total. The largest absolute Gasteiger partial charge is 0.494 e. The molecule has 34 heavy (non-hydrogen) atoms. The van der Waals surface area contributed by atoms with Crippen LogP contribution in [0, 0.1) is 5.82 Å². The van der Waals surface area contributed by atoms with Crippen LogP contribution in [0.1, 0.15) is 41.6 Å². The summed E-state index contributed by atoms with van der Waals surface area (Å²) in [6.07, 6.45) is 1.52. The van der Waals surface area contributed by atoms with Gasteiger partial charge < -0.3 is 4.74 Å². The van der Waals surface area contributed by atoms with Crippen LogP contribution in [0.5, 0.6) is 5.75 Å². The lowest BCUT2D eigenvalue weighted by atomic mass is 9.98. The lowest BCUT2D eigenvalue weighted by molar-refractivity contribution is -0.134. The van der Waals surface area contributed by atoms with Crippen molar-refractivity contribution in [3.05, 3.63) is 101 Å². The first-order valence-electron chi connectivity index (χ1n) is 11.8. The van der Waals surface area contributed by atoms with Gasteiger partial charge in [-0.25, -0.2) is 9.40 Å². The Morgan fingerprint density at radius 3 is 2.50 bits per heavy atom. The van der Waals surface area contributed by atoms with E-state index >= 15 is 0 Å². The molecule has 5 rings (SSSR count). The van der Waals surface area contributed by atoms with Gasteiger partial charge in [-0.3, -0.25) is 9.69 Å². The van der Waals surface area contributed by atoms with E-state index in [0.717, 1.165) is 42.1 Å². The van der Waals surface area contributed by atoms with E-state index in [1.54, 1.807) is 17.1 Å². The summed E-state index contributed by atoms with van der Waals surface area (Å²) in [6.45, 7) is 4.47. The quantitative estimate of drug-likeness (QED) is 0.526. The number of hydrogen-bond donors (Lipinski definition) is 0. The molecule has 0 aliphatic carbocycles. The zero-order valence-corrected chi connectivity index (χ0v) is 19.3. The van der Waals surface area contributed by atoms with E-state index in [-0.39, 0.29) is 17.8 Å². The fourth-order valence-electron chi connectivity index (χ4n) is 4.72. The topological polar surface area (TPSA) is 45.1 Å². The van der Waals surface area contributed by atoms with E-state index in [4.69, 9.17) is 9.84 Å². The second kappa shape index (κ2) is 9.77. The lowest BCUT2D eigenvalue weighted by Crippen LogP contribution is -2.40. The number of hydrazone groups is 1. The summed E-state index contributed by atoms with van der Waals surface area (Å²) in [6, 6.07) is 22.4. The number of fused-ring (bicyclic) bond motifs is 1. The SMILES string of the molecule is CCOc1ccc([C@@H]2CC(c3ccc(F)cc3)=NN2C(=O)CN2CCc3ccccc3C2)cc1. The van der Waals surface area contributed by atoms with Crippen molar-refractivity contribution in [3.8, 4) is 5.75 Å². The van der Waals surface area contributed by atoms with Crippen LogP contribution in [0.4, 0.5) is 4.39 Å². The van der Waals surface area contributed by atoms with E-state index in [9.17, 15) is 9.18 Å². The van der Waals surface area contributed by atoms with Crippen LogP contribution in [0.25, 0.3) is 0 Å². The zero-order chi connectivity index (χ0) is 23.5. The highest BCUT2D eigenvalue weighted by Gasteiger charge is 2.34. The Morgan fingerprint density at radius 1 is 1.03 bits per heavy atom. The third kappa shape index (κ3) is 4.73. The number of carbonyl (C=O) groups excluding carboxylic acids is 1. The van der Waals surface area contributed by atoms with Crippen LogP contribution in [0.3, 0.4) is 0 Å². The third-order valence-electron chi connectivity index (χ3n) is 6.49. The van der Waals surface area contributed by atoms with Gasteiger partial charge in [0.15, 0.2) is 0 Å². The molecule has 0 aromatic heterocycles. The van der Waals surface area contributed by atoms with Gasteiger partial charge in [-0.05, 0) is 59.9 Å². The minimum Gasteiger partial charge on any atom is -0.494 e. The molecule has 3 aromatic rings. The fraction of sp³-hybridized carbons (Fsp3) is 0.286. The molecule has 6 heteroatoms. The van der Waals surface area contributed by atoms with E-state index in [1.807, 2.05) is 37.3 Å². The Morgan fingerprint density at radius 2 is 1.76 bits per heavy atom. The molecule has 0 fully saturated rings. The van der Waals surface area contributed by atoms with Gasteiger partial charge in [0.2, 0.25) is 0 Å².